The zero-order chi connectivity index (χ0) is 21.4. The van der Waals surface area contributed by atoms with Crippen molar-refractivity contribution in [3.8, 4) is 0 Å². The molecule has 158 valence electrons. The third-order valence-corrected chi connectivity index (χ3v) is 7.88. The number of carbonyl (C=O) groups excluding carboxylic acids is 3. The minimum atomic E-state index is -0.519. The van der Waals surface area contributed by atoms with Crippen molar-refractivity contribution in [2.75, 3.05) is 17.2 Å². The average Bonchev–Trinajstić information content (AvgIpc) is 3.19. The molecule has 1 saturated heterocycles. The van der Waals surface area contributed by atoms with Gasteiger partial charge in [-0.25, -0.2) is 9.69 Å². The number of thiophene rings is 1. The standard InChI is InChI=1S/C22H24N2O4S2/c1-3-28-22(27)19-15-9-4-12(2)10-16(15)30-21(19)24-18(25)11-17(20(24)26)29-14-7-5-13(23)6-8-14/h5-8,12,17H,3-4,9-11,23H2,1-2H3/t12-,17-/m0/s1. The van der Waals surface area contributed by atoms with Crippen LogP contribution < -0.4 is 10.6 Å². The van der Waals surface area contributed by atoms with Gasteiger partial charge in [0, 0.05) is 21.9 Å². The van der Waals surface area contributed by atoms with E-state index in [1.165, 1.54) is 28.0 Å². The summed E-state index contributed by atoms with van der Waals surface area (Å²) < 4.78 is 5.29. The topological polar surface area (TPSA) is 89.7 Å². The Morgan fingerprint density at radius 1 is 1.27 bits per heavy atom. The molecule has 1 aliphatic heterocycles. The van der Waals surface area contributed by atoms with Crippen LogP contribution in [0.15, 0.2) is 29.2 Å². The first-order chi connectivity index (χ1) is 14.4. The molecule has 0 bridgehead atoms. The number of anilines is 2. The quantitative estimate of drug-likeness (QED) is 0.425. The summed E-state index contributed by atoms with van der Waals surface area (Å²) in [6.45, 7) is 4.18. The molecule has 2 N–H and O–H groups in total. The van der Waals surface area contributed by atoms with Crippen molar-refractivity contribution in [2.24, 2.45) is 5.92 Å². The zero-order valence-electron chi connectivity index (χ0n) is 17.0. The number of carbonyl (C=O) groups is 3. The fourth-order valence-corrected chi connectivity index (χ4v) is 6.50. The van der Waals surface area contributed by atoms with Gasteiger partial charge in [-0.15, -0.1) is 23.1 Å². The molecule has 6 nitrogen and oxygen atoms in total. The van der Waals surface area contributed by atoms with Gasteiger partial charge in [0.15, 0.2) is 0 Å². The molecule has 2 amide bonds. The lowest BCUT2D eigenvalue weighted by Gasteiger charge is -2.18. The smallest absolute Gasteiger partial charge is 0.341 e. The second-order valence-corrected chi connectivity index (χ2v) is 10.1. The Labute approximate surface area is 183 Å². The van der Waals surface area contributed by atoms with Crippen molar-refractivity contribution < 1.29 is 19.1 Å². The summed E-state index contributed by atoms with van der Waals surface area (Å²) in [6.07, 6.45) is 2.70. The van der Waals surface area contributed by atoms with Crippen LogP contribution in [0.3, 0.4) is 0 Å². The molecule has 2 atom stereocenters. The number of hydrogen-bond acceptors (Lipinski definition) is 7. The lowest BCUT2D eigenvalue weighted by molar-refractivity contribution is -0.121. The first kappa shape index (κ1) is 20.9. The van der Waals surface area contributed by atoms with Crippen molar-refractivity contribution in [2.45, 2.75) is 49.7 Å². The predicted octanol–water partition coefficient (Wildman–Crippen LogP) is 4.06. The molecule has 0 spiro atoms. The van der Waals surface area contributed by atoms with E-state index in [0.29, 0.717) is 22.2 Å². The van der Waals surface area contributed by atoms with Crippen molar-refractivity contribution in [3.63, 3.8) is 0 Å². The summed E-state index contributed by atoms with van der Waals surface area (Å²) in [6, 6.07) is 7.23. The Bertz CT molecular complexity index is 999. The van der Waals surface area contributed by atoms with E-state index in [1.54, 1.807) is 19.1 Å². The van der Waals surface area contributed by atoms with E-state index >= 15 is 0 Å². The molecule has 1 aromatic heterocycles. The molecule has 8 heteroatoms. The van der Waals surface area contributed by atoms with Crippen LogP contribution in [0, 0.1) is 5.92 Å². The third kappa shape index (κ3) is 3.86. The van der Waals surface area contributed by atoms with E-state index in [4.69, 9.17) is 10.5 Å². The van der Waals surface area contributed by atoms with Crippen LogP contribution in [0.25, 0.3) is 0 Å². The van der Waals surface area contributed by atoms with Crippen LogP contribution in [0.2, 0.25) is 0 Å². The van der Waals surface area contributed by atoms with E-state index in [1.807, 2.05) is 12.1 Å². The van der Waals surface area contributed by atoms with Gasteiger partial charge in [-0.05, 0) is 61.9 Å². The molecule has 2 aromatic rings. The number of nitrogens with two attached hydrogens (primary N) is 1. The minimum absolute atomic E-state index is 0.106. The maximum absolute atomic E-state index is 13.2. The fraction of sp³-hybridized carbons (Fsp3) is 0.409. The number of amides is 2. The monoisotopic (exact) mass is 444 g/mol. The van der Waals surface area contributed by atoms with Gasteiger partial charge in [0.25, 0.3) is 0 Å². The summed E-state index contributed by atoms with van der Waals surface area (Å²) in [4.78, 5) is 42.0. The molecule has 30 heavy (non-hydrogen) atoms. The maximum atomic E-state index is 13.2. The summed E-state index contributed by atoms with van der Waals surface area (Å²) >= 11 is 2.74. The molecule has 1 aliphatic carbocycles. The summed E-state index contributed by atoms with van der Waals surface area (Å²) in [5, 5.41) is -0.0859. The molecular formula is C22H24N2O4S2. The van der Waals surface area contributed by atoms with E-state index < -0.39 is 11.2 Å². The summed E-state index contributed by atoms with van der Waals surface area (Å²) in [5.74, 6) is -0.489. The summed E-state index contributed by atoms with van der Waals surface area (Å²) in [5.41, 5.74) is 7.73. The van der Waals surface area contributed by atoms with E-state index in [2.05, 4.69) is 6.92 Å². The van der Waals surface area contributed by atoms with E-state index in [0.717, 1.165) is 34.6 Å². The molecule has 0 saturated carbocycles. The fourth-order valence-electron chi connectivity index (χ4n) is 3.93. The highest BCUT2D eigenvalue weighted by molar-refractivity contribution is 8.00. The van der Waals surface area contributed by atoms with Crippen LogP contribution in [0.4, 0.5) is 10.7 Å². The number of benzene rings is 1. The van der Waals surface area contributed by atoms with E-state index in [-0.39, 0.29) is 24.8 Å². The first-order valence-electron chi connectivity index (χ1n) is 10.1. The SMILES string of the molecule is CCOC(=O)c1c(N2C(=O)C[C@H](Sc3ccc(N)cc3)C2=O)sc2c1CC[C@H](C)C2. The number of imide groups is 1. The lowest BCUT2D eigenvalue weighted by Crippen LogP contribution is -2.32. The van der Waals surface area contributed by atoms with Gasteiger partial charge in [0.1, 0.15) is 5.00 Å². The highest BCUT2D eigenvalue weighted by Crippen LogP contribution is 2.44. The highest BCUT2D eigenvalue weighted by atomic mass is 32.2. The average molecular weight is 445 g/mol. The number of rotatable bonds is 5. The molecule has 0 radical (unpaired) electrons. The Morgan fingerprint density at radius 2 is 2.00 bits per heavy atom. The Balaban J connectivity index is 1.67. The molecule has 1 aromatic carbocycles. The van der Waals surface area contributed by atoms with Crippen LogP contribution in [0.1, 0.15) is 47.5 Å². The van der Waals surface area contributed by atoms with Crippen molar-refractivity contribution in [1.29, 1.82) is 0 Å². The molecule has 0 unspecified atom stereocenters. The second kappa shape index (κ2) is 8.43. The zero-order valence-corrected chi connectivity index (χ0v) is 18.6. The largest absolute Gasteiger partial charge is 0.462 e. The maximum Gasteiger partial charge on any atom is 0.341 e. The van der Waals surface area contributed by atoms with Crippen molar-refractivity contribution >= 4 is 51.6 Å². The number of hydrogen-bond donors (Lipinski definition) is 1. The number of fused-ring (bicyclic) bond motifs is 1. The molecular weight excluding hydrogens is 420 g/mol. The molecule has 2 heterocycles. The minimum Gasteiger partial charge on any atom is -0.462 e. The van der Waals surface area contributed by atoms with Crippen LogP contribution in [0.5, 0.6) is 0 Å². The number of thioether (sulfide) groups is 1. The van der Waals surface area contributed by atoms with Crippen LogP contribution >= 0.6 is 23.1 Å². The van der Waals surface area contributed by atoms with Gasteiger partial charge in [0.05, 0.1) is 17.4 Å². The van der Waals surface area contributed by atoms with Gasteiger partial charge in [0.2, 0.25) is 11.8 Å². The molecule has 4 rings (SSSR count). The number of nitrogen functional groups attached to an aromatic ring is 1. The lowest BCUT2D eigenvalue weighted by atomic mass is 9.88. The van der Waals surface area contributed by atoms with Gasteiger partial charge in [-0.2, -0.15) is 0 Å². The van der Waals surface area contributed by atoms with Gasteiger partial charge < -0.3 is 10.5 Å². The summed E-state index contributed by atoms with van der Waals surface area (Å²) in [7, 11) is 0. The van der Waals surface area contributed by atoms with Crippen LogP contribution in [-0.2, 0) is 27.2 Å². The number of esters is 1. The second-order valence-electron chi connectivity index (χ2n) is 7.70. The Hall–Kier alpha value is -2.32. The molecule has 2 aliphatic rings. The van der Waals surface area contributed by atoms with Gasteiger partial charge in [-0.1, -0.05) is 6.92 Å². The Morgan fingerprint density at radius 3 is 2.70 bits per heavy atom. The number of nitrogens with zero attached hydrogens (tertiary/aromatic N) is 1. The predicted molar refractivity (Wildman–Crippen MR) is 119 cm³/mol. The third-order valence-electron chi connectivity index (χ3n) is 5.44. The molecule has 1 fully saturated rings. The number of ether oxygens (including phenoxy) is 1. The van der Waals surface area contributed by atoms with E-state index in [9.17, 15) is 14.4 Å². The van der Waals surface area contributed by atoms with Crippen LogP contribution in [-0.4, -0.2) is 29.6 Å². The first-order valence-corrected chi connectivity index (χ1v) is 11.8. The Kier molecular flexibility index (Phi) is 5.88. The van der Waals surface area contributed by atoms with Gasteiger partial charge >= 0.3 is 5.97 Å². The van der Waals surface area contributed by atoms with Crippen molar-refractivity contribution in [3.05, 3.63) is 40.3 Å². The van der Waals surface area contributed by atoms with Crippen molar-refractivity contribution in [1.82, 2.24) is 0 Å². The normalized spacial score (nSPS) is 21.1. The van der Waals surface area contributed by atoms with Gasteiger partial charge in [-0.3, -0.25) is 9.59 Å². The highest BCUT2D eigenvalue weighted by Gasteiger charge is 2.44.